The molecule has 1 aliphatic rings. The topological polar surface area (TPSA) is 83.6 Å². The smallest absolute Gasteiger partial charge is 0.336 e. The van der Waals surface area contributed by atoms with Crippen molar-refractivity contribution in [2.75, 3.05) is 19.6 Å². The second kappa shape index (κ2) is 5.63. The Hall–Kier alpha value is -1.88. The lowest BCUT2D eigenvalue weighted by Gasteiger charge is -2.20. The zero-order chi connectivity index (χ0) is 14.9. The molecule has 1 unspecified atom stereocenters. The number of hydrogen-bond acceptors (Lipinski definition) is 3. The lowest BCUT2D eigenvalue weighted by Crippen LogP contribution is -2.32. The summed E-state index contributed by atoms with van der Waals surface area (Å²) in [6.45, 7) is 5.30. The van der Waals surface area contributed by atoms with Crippen LogP contribution in [0.3, 0.4) is 0 Å². The number of aryl methyl sites for hydroxylation is 2. The molecule has 0 aromatic heterocycles. The van der Waals surface area contributed by atoms with Crippen molar-refractivity contribution >= 4 is 11.9 Å². The minimum atomic E-state index is -1.05. The largest absolute Gasteiger partial charge is 0.478 e. The van der Waals surface area contributed by atoms with Gasteiger partial charge in [-0.2, -0.15) is 0 Å². The van der Waals surface area contributed by atoms with Gasteiger partial charge >= 0.3 is 5.97 Å². The molecule has 2 rings (SSSR count). The van der Waals surface area contributed by atoms with Crippen molar-refractivity contribution in [3.05, 3.63) is 34.4 Å². The molecule has 5 nitrogen and oxygen atoms in total. The van der Waals surface area contributed by atoms with Gasteiger partial charge in [0.05, 0.1) is 11.1 Å². The molecular weight excluding hydrogens is 256 g/mol. The fourth-order valence-corrected chi connectivity index (χ4v) is 2.73. The first kappa shape index (κ1) is 14.5. The number of aromatic carboxylic acids is 1. The average molecular weight is 276 g/mol. The predicted octanol–water partition coefficient (Wildman–Crippen LogP) is 1.42. The number of likely N-dealkylation sites (tertiary alicyclic amines) is 1. The van der Waals surface area contributed by atoms with Gasteiger partial charge in [0.25, 0.3) is 5.91 Å². The molecule has 0 aliphatic carbocycles. The fraction of sp³-hybridized carbons (Fsp3) is 0.467. The summed E-state index contributed by atoms with van der Waals surface area (Å²) in [6, 6.07) is 3.54. The summed E-state index contributed by atoms with van der Waals surface area (Å²) in [5.41, 5.74) is 7.38. The third-order valence-electron chi connectivity index (χ3n) is 3.96. The molecule has 20 heavy (non-hydrogen) atoms. The highest BCUT2D eigenvalue weighted by Crippen LogP contribution is 2.24. The van der Waals surface area contributed by atoms with E-state index in [0.717, 1.165) is 6.42 Å². The van der Waals surface area contributed by atoms with Crippen LogP contribution in [0.2, 0.25) is 0 Å². The molecule has 0 spiro atoms. The Morgan fingerprint density at radius 3 is 2.40 bits per heavy atom. The molecule has 0 saturated carbocycles. The number of nitrogens with zero attached hydrogens (tertiary/aromatic N) is 1. The van der Waals surface area contributed by atoms with Gasteiger partial charge in [-0.15, -0.1) is 0 Å². The van der Waals surface area contributed by atoms with Gasteiger partial charge in [0.2, 0.25) is 0 Å². The van der Waals surface area contributed by atoms with Crippen molar-refractivity contribution in [2.45, 2.75) is 20.3 Å². The Bertz CT molecular complexity index is 554. The molecular formula is C15H20N2O3. The van der Waals surface area contributed by atoms with Crippen molar-refractivity contribution in [1.82, 2.24) is 4.90 Å². The van der Waals surface area contributed by atoms with E-state index in [1.807, 2.05) is 0 Å². The number of nitrogens with two attached hydrogens (primary N) is 1. The van der Waals surface area contributed by atoms with Crippen molar-refractivity contribution in [3.63, 3.8) is 0 Å². The molecule has 0 radical (unpaired) electrons. The number of benzene rings is 1. The molecule has 3 N–H and O–H groups in total. The molecule has 1 amide bonds. The van der Waals surface area contributed by atoms with E-state index in [1.165, 1.54) is 0 Å². The van der Waals surface area contributed by atoms with E-state index in [0.29, 0.717) is 42.2 Å². The molecule has 1 heterocycles. The molecule has 1 aromatic rings. The summed E-state index contributed by atoms with van der Waals surface area (Å²) in [5, 5.41) is 9.37. The second-order valence-electron chi connectivity index (χ2n) is 5.40. The van der Waals surface area contributed by atoms with Crippen LogP contribution in [0.5, 0.6) is 0 Å². The summed E-state index contributed by atoms with van der Waals surface area (Å²) in [4.78, 5) is 25.8. The van der Waals surface area contributed by atoms with Gasteiger partial charge in [-0.3, -0.25) is 4.79 Å². The van der Waals surface area contributed by atoms with Gasteiger partial charge in [-0.1, -0.05) is 12.1 Å². The van der Waals surface area contributed by atoms with Gasteiger partial charge in [-0.05, 0) is 43.9 Å². The zero-order valence-corrected chi connectivity index (χ0v) is 11.8. The Labute approximate surface area is 118 Å². The number of rotatable bonds is 3. The monoisotopic (exact) mass is 276 g/mol. The third-order valence-corrected chi connectivity index (χ3v) is 3.96. The van der Waals surface area contributed by atoms with Crippen LogP contribution in [0.25, 0.3) is 0 Å². The summed E-state index contributed by atoms with van der Waals surface area (Å²) in [6.07, 6.45) is 0.884. The minimum absolute atomic E-state index is 0.117. The molecule has 1 aromatic carbocycles. The number of hydrogen-bond donors (Lipinski definition) is 2. The number of carboxylic acids is 1. The van der Waals surface area contributed by atoms with Crippen LogP contribution < -0.4 is 5.73 Å². The van der Waals surface area contributed by atoms with Crippen molar-refractivity contribution in [2.24, 2.45) is 11.7 Å². The van der Waals surface area contributed by atoms with E-state index in [1.54, 1.807) is 30.9 Å². The molecule has 108 valence electrons. The lowest BCUT2D eigenvalue weighted by molar-refractivity contribution is 0.0679. The van der Waals surface area contributed by atoms with Crippen molar-refractivity contribution in [3.8, 4) is 0 Å². The highest BCUT2D eigenvalue weighted by atomic mass is 16.4. The highest BCUT2D eigenvalue weighted by molar-refractivity contribution is 6.06. The number of amides is 1. The van der Waals surface area contributed by atoms with E-state index < -0.39 is 5.97 Å². The van der Waals surface area contributed by atoms with Gasteiger partial charge in [0.15, 0.2) is 0 Å². The standard InChI is InChI=1S/C15H20N2O3/c1-9-3-4-10(2)13(15(19)20)12(9)14(18)17-6-5-11(7-16)8-17/h3-4,11H,5-8,16H2,1-2H3,(H,19,20). The predicted molar refractivity (Wildman–Crippen MR) is 75.9 cm³/mol. The molecule has 1 saturated heterocycles. The van der Waals surface area contributed by atoms with Crippen molar-refractivity contribution < 1.29 is 14.7 Å². The van der Waals surface area contributed by atoms with Gasteiger partial charge < -0.3 is 15.7 Å². The molecule has 1 fully saturated rings. The van der Waals surface area contributed by atoms with Gasteiger partial charge in [0.1, 0.15) is 0 Å². The average Bonchev–Trinajstić information content (AvgIpc) is 2.88. The summed E-state index contributed by atoms with van der Waals surface area (Å²) < 4.78 is 0. The number of carboxylic acid groups (broad SMARTS) is 1. The molecule has 1 atom stereocenters. The quantitative estimate of drug-likeness (QED) is 0.874. The first-order chi connectivity index (χ1) is 9.45. The zero-order valence-electron chi connectivity index (χ0n) is 11.8. The molecule has 5 heteroatoms. The first-order valence-corrected chi connectivity index (χ1v) is 6.78. The molecule has 0 bridgehead atoms. The fourth-order valence-electron chi connectivity index (χ4n) is 2.73. The Kier molecular flexibility index (Phi) is 4.09. The normalized spacial score (nSPS) is 18.4. The summed E-state index contributed by atoms with van der Waals surface area (Å²) in [5.74, 6) is -0.930. The molecule has 1 aliphatic heterocycles. The second-order valence-corrected chi connectivity index (χ2v) is 5.40. The van der Waals surface area contributed by atoms with Crippen LogP contribution in [-0.4, -0.2) is 41.5 Å². The summed E-state index contributed by atoms with van der Waals surface area (Å²) >= 11 is 0. The Morgan fingerprint density at radius 2 is 1.90 bits per heavy atom. The minimum Gasteiger partial charge on any atom is -0.478 e. The van der Waals surface area contributed by atoms with Gasteiger partial charge in [-0.25, -0.2) is 4.79 Å². The SMILES string of the molecule is Cc1ccc(C)c(C(=O)N2CCC(CN)C2)c1C(=O)O. The van der Waals surface area contributed by atoms with E-state index >= 15 is 0 Å². The Balaban J connectivity index is 2.40. The first-order valence-electron chi connectivity index (χ1n) is 6.78. The van der Waals surface area contributed by atoms with Crippen LogP contribution in [0, 0.1) is 19.8 Å². The maximum atomic E-state index is 12.6. The third kappa shape index (κ3) is 2.54. The van der Waals surface area contributed by atoms with Crippen LogP contribution in [-0.2, 0) is 0 Å². The summed E-state index contributed by atoms with van der Waals surface area (Å²) in [7, 11) is 0. The van der Waals surface area contributed by atoms with Crippen LogP contribution in [0.15, 0.2) is 12.1 Å². The lowest BCUT2D eigenvalue weighted by atomic mass is 9.96. The van der Waals surface area contributed by atoms with E-state index in [4.69, 9.17) is 5.73 Å². The van der Waals surface area contributed by atoms with E-state index in [9.17, 15) is 14.7 Å². The van der Waals surface area contributed by atoms with Crippen molar-refractivity contribution in [1.29, 1.82) is 0 Å². The number of carbonyl (C=O) groups is 2. The Morgan fingerprint density at radius 1 is 1.30 bits per heavy atom. The number of carbonyl (C=O) groups excluding carboxylic acids is 1. The van der Waals surface area contributed by atoms with E-state index in [-0.39, 0.29) is 11.5 Å². The maximum Gasteiger partial charge on any atom is 0.336 e. The van der Waals surface area contributed by atoms with E-state index in [2.05, 4.69) is 0 Å². The van der Waals surface area contributed by atoms with Crippen LogP contribution in [0.1, 0.15) is 38.3 Å². The maximum absolute atomic E-state index is 12.6. The van der Waals surface area contributed by atoms with Gasteiger partial charge in [0, 0.05) is 13.1 Å². The van der Waals surface area contributed by atoms with Crippen LogP contribution in [0.4, 0.5) is 0 Å². The van der Waals surface area contributed by atoms with Crippen LogP contribution >= 0.6 is 0 Å². The highest BCUT2D eigenvalue weighted by Gasteiger charge is 2.30.